The lowest BCUT2D eigenvalue weighted by molar-refractivity contribution is -0.193. The Labute approximate surface area is 115 Å². The van der Waals surface area contributed by atoms with Gasteiger partial charge in [0.15, 0.2) is 5.79 Å². The van der Waals surface area contributed by atoms with Crippen LogP contribution in [0, 0.1) is 0 Å². The number of fused-ring (bicyclic) bond motifs is 1. The monoisotopic (exact) mass is 313 g/mol. The van der Waals surface area contributed by atoms with Crippen LogP contribution in [0.15, 0.2) is 15.6 Å². The van der Waals surface area contributed by atoms with Gasteiger partial charge in [-0.2, -0.15) is 4.99 Å². The van der Waals surface area contributed by atoms with Crippen molar-refractivity contribution in [2.75, 3.05) is 0 Å². The fourth-order valence-corrected chi connectivity index (χ4v) is 3.72. The smallest absolute Gasteiger partial charge is 0.235 e. The molecule has 1 aliphatic heterocycles. The molecule has 1 spiro atoms. The van der Waals surface area contributed by atoms with E-state index >= 15 is 0 Å². The van der Waals surface area contributed by atoms with Crippen LogP contribution in [-0.4, -0.2) is 30.1 Å². The maximum atomic E-state index is 10.5. The Morgan fingerprint density at radius 2 is 2.11 bits per heavy atom. The van der Waals surface area contributed by atoms with Crippen LogP contribution in [0.4, 0.5) is 0 Å². The Balaban J connectivity index is 1.82. The fourth-order valence-electron chi connectivity index (χ4n) is 3.17. The number of nitrogens with zero attached hydrogens (tertiary/aromatic N) is 1. The van der Waals surface area contributed by atoms with Gasteiger partial charge >= 0.3 is 0 Å². The molecule has 1 saturated carbocycles. The summed E-state index contributed by atoms with van der Waals surface area (Å²) < 4.78 is 13.2. The van der Waals surface area contributed by atoms with Crippen molar-refractivity contribution in [2.45, 2.75) is 62.6 Å². The molecule has 0 aromatic carbocycles. The highest BCUT2D eigenvalue weighted by Gasteiger charge is 2.52. The maximum absolute atomic E-state index is 10.5. The molecule has 4 nitrogen and oxygen atoms in total. The van der Waals surface area contributed by atoms with Gasteiger partial charge in [-0.05, 0) is 19.3 Å². The molecule has 0 unspecified atom stereocenters. The van der Waals surface area contributed by atoms with Crippen LogP contribution in [-0.2, 0) is 14.3 Å². The summed E-state index contributed by atoms with van der Waals surface area (Å²) in [7, 11) is 0. The van der Waals surface area contributed by atoms with Gasteiger partial charge in [0.1, 0.15) is 12.1 Å². The highest BCUT2D eigenvalue weighted by molar-refractivity contribution is 9.11. The van der Waals surface area contributed by atoms with E-state index in [1.807, 2.05) is 6.08 Å². The first kappa shape index (κ1) is 12.5. The zero-order valence-electron chi connectivity index (χ0n) is 10.1. The molecule has 98 valence electrons. The summed E-state index contributed by atoms with van der Waals surface area (Å²) in [5.41, 5.74) is 0. The fraction of sp³-hybridized carbons (Fsp3) is 0.769. The van der Waals surface area contributed by atoms with Gasteiger partial charge in [0.05, 0.1) is 6.10 Å². The van der Waals surface area contributed by atoms with Crippen molar-refractivity contribution in [2.24, 2.45) is 4.99 Å². The lowest BCUT2D eigenvalue weighted by Crippen LogP contribution is -2.37. The summed E-state index contributed by atoms with van der Waals surface area (Å²) in [6.45, 7) is 0. The second-order valence-corrected chi connectivity index (χ2v) is 6.12. The summed E-state index contributed by atoms with van der Waals surface area (Å²) in [6, 6.07) is -0.289. The Morgan fingerprint density at radius 3 is 2.83 bits per heavy atom. The third-order valence-electron chi connectivity index (χ3n) is 4.03. The Morgan fingerprint density at radius 1 is 1.33 bits per heavy atom. The summed E-state index contributed by atoms with van der Waals surface area (Å²) in [5, 5.41) is 0. The third kappa shape index (κ3) is 2.10. The lowest BCUT2D eigenvalue weighted by Gasteiger charge is -2.32. The molecule has 2 aliphatic carbocycles. The van der Waals surface area contributed by atoms with Crippen molar-refractivity contribution in [3.63, 3.8) is 0 Å². The summed E-state index contributed by atoms with van der Waals surface area (Å²) in [4.78, 5) is 14.4. The molecule has 5 heteroatoms. The van der Waals surface area contributed by atoms with E-state index < -0.39 is 5.79 Å². The van der Waals surface area contributed by atoms with E-state index in [2.05, 4.69) is 20.9 Å². The van der Waals surface area contributed by atoms with Crippen molar-refractivity contribution in [1.29, 1.82) is 0 Å². The molecule has 3 atom stereocenters. The van der Waals surface area contributed by atoms with E-state index in [1.165, 1.54) is 6.42 Å². The van der Waals surface area contributed by atoms with Crippen molar-refractivity contribution < 1.29 is 14.3 Å². The van der Waals surface area contributed by atoms with Gasteiger partial charge in [0.2, 0.25) is 6.08 Å². The van der Waals surface area contributed by atoms with E-state index in [9.17, 15) is 4.79 Å². The summed E-state index contributed by atoms with van der Waals surface area (Å²) in [5.74, 6) is -0.421. The van der Waals surface area contributed by atoms with E-state index in [-0.39, 0.29) is 18.2 Å². The number of halogens is 1. The van der Waals surface area contributed by atoms with E-state index in [4.69, 9.17) is 9.47 Å². The molecule has 3 aliphatic rings. The molecular formula is C13H16BrNO3. The minimum atomic E-state index is -0.421. The average molecular weight is 314 g/mol. The zero-order chi connectivity index (χ0) is 12.6. The minimum Gasteiger partial charge on any atom is -0.344 e. The first-order chi connectivity index (χ1) is 8.74. The highest BCUT2D eigenvalue weighted by Crippen LogP contribution is 2.45. The predicted molar refractivity (Wildman–Crippen MR) is 69.1 cm³/mol. The van der Waals surface area contributed by atoms with Gasteiger partial charge in [-0.15, -0.1) is 0 Å². The standard InChI is InChI=1S/C13H16BrNO3/c14-9-4-5-10-12(11(9)15-8-16)18-13(17-10)6-2-1-3-7-13/h4,10-12H,1-3,5-7H2/t10-,11-,12-/m1/s1. The van der Waals surface area contributed by atoms with E-state index in [0.717, 1.165) is 36.6 Å². The Bertz CT molecular complexity index is 410. The van der Waals surface area contributed by atoms with Crippen LogP contribution in [0.1, 0.15) is 38.5 Å². The molecule has 3 rings (SSSR count). The number of ether oxygens (including phenoxy) is 2. The molecule has 0 radical (unpaired) electrons. The number of rotatable bonds is 1. The summed E-state index contributed by atoms with van der Waals surface area (Å²) >= 11 is 3.46. The molecule has 0 bridgehead atoms. The molecule has 18 heavy (non-hydrogen) atoms. The van der Waals surface area contributed by atoms with Gasteiger partial charge in [-0.25, -0.2) is 4.79 Å². The zero-order valence-corrected chi connectivity index (χ0v) is 11.7. The van der Waals surface area contributed by atoms with Gasteiger partial charge in [-0.1, -0.05) is 28.4 Å². The van der Waals surface area contributed by atoms with Crippen LogP contribution < -0.4 is 0 Å². The quantitative estimate of drug-likeness (QED) is 0.552. The van der Waals surface area contributed by atoms with Gasteiger partial charge in [0, 0.05) is 17.3 Å². The van der Waals surface area contributed by atoms with Crippen LogP contribution in [0.2, 0.25) is 0 Å². The van der Waals surface area contributed by atoms with Gasteiger partial charge < -0.3 is 9.47 Å². The first-order valence-corrected chi connectivity index (χ1v) is 7.32. The molecular weight excluding hydrogens is 298 g/mol. The molecule has 0 aromatic rings. The number of aliphatic imine (C=N–C) groups is 1. The molecule has 0 amide bonds. The van der Waals surface area contributed by atoms with Crippen LogP contribution in [0.5, 0.6) is 0 Å². The van der Waals surface area contributed by atoms with Crippen LogP contribution >= 0.6 is 15.9 Å². The SMILES string of the molecule is O=C=N[C@@H]1C(Br)=CC[C@H]2OC3(CCCCC3)O[C@@H]12. The van der Waals surface area contributed by atoms with Gasteiger partial charge in [0.25, 0.3) is 0 Å². The van der Waals surface area contributed by atoms with Crippen molar-refractivity contribution >= 4 is 22.0 Å². The highest BCUT2D eigenvalue weighted by atomic mass is 79.9. The van der Waals surface area contributed by atoms with Crippen LogP contribution in [0.25, 0.3) is 0 Å². The number of hydrogen-bond donors (Lipinski definition) is 0. The molecule has 1 heterocycles. The normalized spacial score (nSPS) is 37.8. The van der Waals surface area contributed by atoms with E-state index in [1.54, 1.807) is 6.08 Å². The lowest BCUT2D eigenvalue weighted by atomic mass is 9.94. The van der Waals surface area contributed by atoms with Gasteiger partial charge in [-0.3, -0.25) is 0 Å². The largest absolute Gasteiger partial charge is 0.344 e. The van der Waals surface area contributed by atoms with Crippen LogP contribution in [0.3, 0.4) is 0 Å². The molecule has 0 aromatic heterocycles. The molecule has 1 saturated heterocycles. The Hall–Kier alpha value is -0.480. The summed E-state index contributed by atoms with van der Waals surface area (Å²) in [6.07, 6.45) is 9.81. The third-order valence-corrected chi connectivity index (χ3v) is 4.82. The van der Waals surface area contributed by atoms with E-state index in [0.29, 0.717) is 0 Å². The second kappa shape index (κ2) is 4.89. The minimum absolute atomic E-state index is 0.0199. The number of isocyanates is 1. The Kier molecular flexibility index (Phi) is 3.41. The van der Waals surface area contributed by atoms with Crippen molar-refractivity contribution in [3.8, 4) is 0 Å². The van der Waals surface area contributed by atoms with Crippen molar-refractivity contribution in [1.82, 2.24) is 0 Å². The number of carbonyl (C=O) groups excluding carboxylic acids is 1. The first-order valence-electron chi connectivity index (χ1n) is 6.52. The maximum Gasteiger partial charge on any atom is 0.235 e. The second-order valence-electron chi connectivity index (χ2n) is 5.20. The topological polar surface area (TPSA) is 47.9 Å². The van der Waals surface area contributed by atoms with Crippen molar-refractivity contribution in [3.05, 3.63) is 10.6 Å². The number of hydrogen-bond acceptors (Lipinski definition) is 4. The average Bonchev–Trinajstić information content (AvgIpc) is 2.72. The predicted octanol–water partition coefficient (Wildman–Crippen LogP) is 2.82. The molecule has 0 N–H and O–H groups in total. The molecule has 2 fully saturated rings.